The van der Waals surface area contributed by atoms with Crippen molar-refractivity contribution in [3.8, 4) is 11.5 Å². The van der Waals surface area contributed by atoms with Gasteiger partial charge < -0.3 is 15.2 Å². The first-order valence-corrected chi connectivity index (χ1v) is 7.82. The van der Waals surface area contributed by atoms with E-state index < -0.39 is 5.54 Å². The van der Waals surface area contributed by atoms with Gasteiger partial charge in [-0.3, -0.25) is 0 Å². The van der Waals surface area contributed by atoms with Crippen LogP contribution in [0.1, 0.15) is 16.7 Å². The molecule has 2 N–H and O–H groups in total. The van der Waals surface area contributed by atoms with Crippen molar-refractivity contribution in [1.29, 1.82) is 0 Å². The molecule has 0 saturated heterocycles. The first-order valence-electron chi connectivity index (χ1n) is 7.82. The third kappa shape index (κ3) is 2.86. The van der Waals surface area contributed by atoms with Crippen LogP contribution in [0.25, 0.3) is 0 Å². The van der Waals surface area contributed by atoms with Crippen LogP contribution in [0.2, 0.25) is 0 Å². The fourth-order valence-corrected chi connectivity index (χ4v) is 2.91. The van der Waals surface area contributed by atoms with Crippen LogP contribution in [0.4, 0.5) is 0 Å². The number of ether oxygens (including phenoxy) is 2. The van der Waals surface area contributed by atoms with Crippen LogP contribution in [-0.2, 0) is 5.54 Å². The van der Waals surface area contributed by atoms with E-state index in [0.717, 1.165) is 28.2 Å². The third-order valence-electron chi connectivity index (χ3n) is 4.32. The molecule has 0 atom stereocenters. The average molecular weight is 320 g/mol. The molecule has 0 aliphatic heterocycles. The minimum absolute atomic E-state index is 0.750. The first-order chi connectivity index (χ1) is 11.7. The Bertz CT molecular complexity index is 733. The van der Waals surface area contributed by atoms with Gasteiger partial charge in [-0.2, -0.15) is 0 Å². The standard InChI is InChI=1S/C21H21NO2/c1-23-19-12-8-17(9-13-19)21(22,16-6-4-3-5-7-16)18-10-14-20(24-2)15-11-18/h3-15H,22H2,1-2H3/i22+1. The van der Waals surface area contributed by atoms with Crippen LogP contribution in [0.3, 0.4) is 0 Å². The van der Waals surface area contributed by atoms with Crippen molar-refractivity contribution in [2.45, 2.75) is 5.54 Å². The Balaban J connectivity index is 2.16. The number of hydrogen-bond donors (Lipinski definition) is 1. The molecule has 3 aromatic carbocycles. The predicted octanol–water partition coefficient (Wildman–Crippen LogP) is 3.95. The molecule has 0 fully saturated rings. The largest absolute Gasteiger partial charge is 0.497 e. The molecule has 3 rings (SSSR count). The summed E-state index contributed by atoms with van der Waals surface area (Å²) in [6, 6.07) is 25.9. The lowest BCUT2D eigenvalue weighted by molar-refractivity contribution is 0.414. The molecule has 0 spiro atoms. The second kappa shape index (κ2) is 6.77. The molecule has 0 bridgehead atoms. The van der Waals surface area contributed by atoms with Gasteiger partial charge in [0.2, 0.25) is 0 Å². The highest BCUT2D eigenvalue weighted by atomic mass is 16.5. The Labute approximate surface area is 142 Å². The Morgan fingerprint density at radius 1 is 0.583 bits per heavy atom. The molecule has 0 aliphatic carbocycles. The van der Waals surface area contributed by atoms with Gasteiger partial charge in [0.1, 0.15) is 11.5 Å². The summed E-state index contributed by atoms with van der Waals surface area (Å²) in [7, 11) is 3.32. The molecule has 0 radical (unpaired) electrons. The first kappa shape index (κ1) is 16.1. The zero-order chi connectivity index (χ0) is 17.0. The summed E-state index contributed by atoms with van der Waals surface area (Å²) >= 11 is 0. The lowest BCUT2D eigenvalue weighted by Gasteiger charge is -2.31. The number of methoxy groups -OCH3 is 2. The van der Waals surface area contributed by atoms with Crippen LogP contribution in [0.15, 0.2) is 78.9 Å². The molecule has 0 unspecified atom stereocenters. The number of rotatable bonds is 5. The summed E-state index contributed by atoms with van der Waals surface area (Å²) in [6.07, 6.45) is 0. The number of hydrogen-bond acceptors (Lipinski definition) is 3. The summed E-state index contributed by atoms with van der Waals surface area (Å²) in [5.41, 5.74) is 9.24. The van der Waals surface area contributed by atoms with Crippen LogP contribution < -0.4 is 15.2 Å². The lowest BCUT2D eigenvalue weighted by Crippen LogP contribution is -2.39. The second-order valence-electron chi connectivity index (χ2n) is 5.63. The van der Waals surface area contributed by atoms with Gasteiger partial charge in [-0.05, 0) is 41.0 Å². The van der Waals surface area contributed by atoms with Gasteiger partial charge in [-0.15, -0.1) is 0 Å². The summed E-state index contributed by atoms with van der Waals surface area (Å²) in [6.45, 7) is 0. The minimum atomic E-state index is -0.750. The summed E-state index contributed by atoms with van der Waals surface area (Å²) in [4.78, 5) is 0. The highest BCUT2D eigenvalue weighted by Gasteiger charge is 2.31. The highest BCUT2D eigenvalue weighted by molar-refractivity contribution is 5.50. The monoisotopic (exact) mass is 320 g/mol. The molecule has 24 heavy (non-hydrogen) atoms. The second-order valence-corrected chi connectivity index (χ2v) is 5.63. The normalized spacial score (nSPS) is 11.1. The molecule has 0 saturated carbocycles. The van der Waals surface area contributed by atoms with E-state index in [9.17, 15) is 0 Å². The van der Waals surface area contributed by atoms with Crippen molar-refractivity contribution in [2.24, 2.45) is 5.73 Å². The summed E-state index contributed by atoms with van der Waals surface area (Å²) in [5.74, 6) is 1.62. The van der Waals surface area contributed by atoms with E-state index in [-0.39, 0.29) is 0 Å². The molecule has 3 heteroatoms. The van der Waals surface area contributed by atoms with Crippen molar-refractivity contribution in [2.75, 3.05) is 14.2 Å². The van der Waals surface area contributed by atoms with E-state index in [0.29, 0.717) is 0 Å². The van der Waals surface area contributed by atoms with Gasteiger partial charge in [0.15, 0.2) is 0 Å². The van der Waals surface area contributed by atoms with E-state index in [1.807, 2.05) is 66.7 Å². The summed E-state index contributed by atoms with van der Waals surface area (Å²) in [5, 5.41) is 0. The number of benzene rings is 3. The molecular formula is C21H21NO2. The molecule has 0 aromatic heterocycles. The van der Waals surface area contributed by atoms with Crippen molar-refractivity contribution >= 4 is 0 Å². The minimum Gasteiger partial charge on any atom is -0.497 e. The van der Waals surface area contributed by atoms with Gasteiger partial charge in [-0.1, -0.05) is 54.6 Å². The Morgan fingerprint density at radius 3 is 1.33 bits per heavy atom. The van der Waals surface area contributed by atoms with Crippen molar-refractivity contribution < 1.29 is 9.47 Å². The van der Waals surface area contributed by atoms with Crippen LogP contribution in [0.5, 0.6) is 11.5 Å². The zero-order valence-electron chi connectivity index (χ0n) is 13.9. The molecule has 0 heterocycles. The maximum absolute atomic E-state index is 6.96. The van der Waals surface area contributed by atoms with Crippen LogP contribution in [-0.4, -0.2) is 14.2 Å². The molecule has 0 amide bonds. The van der Waals surface area contributed by atoms with Crippen LogP contribution in [0, 0.1) is 0 Å². The molecule has 3 aromatic rings. The van der Waals surface area contributed by atoms with E-state index in [2.05, 4.69) is 12.1 Å². The fraction of sp³-hybridized carbons (Fsp3) is 0.143. The van der Waals surface area contributed by atoms with Gasteiger partial charge in [0, 0.05) is 0 Å². The van der Waals surface area contributed by atoms with Crippen molar-refractivity contribution in [3.05, 3.63) is 95.6 Å². The maximum atomic E-state index is 6.96. The Hall–Kier alpha value is -2.78. The fourth-order valence-electron chi connectivity index (χ4n) is 2.91. The third-order valence-corrected chi connectivity index (χ3v) is 4.32. The quantitative estimate of drug-likeness (QED) is 0.572. The van der Waals surface area contributed by atoms with Crippen molar-refractivity contribution in [3.63, 3.8) is 0 Å². The van der Waals surface area contributed by atoms with Gasteiger partial charge in [-0.25, -0.2) is 0 Å². The smallest absolute Gasteiger partial charge is 0.118 e. The predicted molar refractivity (Wildman–Crippen MR) is 96.5 cm³/mol. The number of nitrogens with two attached hydrogens (primary N) is 1. The van der Waals surface area contributed by atoms with E-state index in [1.165, 1.54) is 0 Å². The molecule has 122 valence electrons. The van der Waals surface area contributed by atoms with Gasteiger partial charge >= 0.3 is 0 Å². The van der Waals surface area contributed by atoms with Gasteiger partial charge in [0.25, 0.3) is 0 Å². The van der Waals surface area contributed by atoms with E-state index in [1.54, 1.807) is 14.2 Å². The Kier molecular flexibility index (Phi) is 4.54. The molecular weight excluding hydrogens is 299 g/mol. The van der Waals surface area contributed by atoms with E-state index in [4.69, 9.17) is 15.2 Å². The zero-order valence-corrected chi connectivity index (χ0v) is 13.9. The maximum Gasteiger partial charge on any atom is 0.118 e. The lowest BCUT2D eigenvalue weighted by atomic mass is 9.79. The highest BCUT2D eigenvalue weighted by Crippen LogP contribution is 2.35. The Morgan fingerprint density at radius 2 is 0.958 bits per heavy atom. The SMILES string of the molecule is COc1ccc(C([15NH2])(c2ccccc2)c2ccc(OC)cc2)cc1. The van der Waals surface area contributed by atoms with Gasteiger partial charge in [0.05, 0.1) is 19.8 Å². The molecule has 0 aliphatic rings. The van der Waals surface area contributed by atoms with Crippen LogP contribution >= 0.6 is 0 Å². The topological polar surface area (TPSA) is 44.5 Å². The summed E-state index contributed by atoms with van der Waals surface area (Å²) < 4.78 is 10.5. The van der Waals surface area contributed by atoms with E-state index >= 15 is 0 Å². The average Bonchev–Trinajstić information content (AvgIpc) is 2.68. The molecule has 3 nitrogen and oxygen atoms in total. The van der Waals surface area contributed by atoms with Crippen molar-refractivity contribution in [1.82, 2.24) is 0 Å².